The highest BCUT2D eigenvalue weighted by atomic mass is 32.2. The van der Waals surface area contributed by atoms with E-state index in [1.54, 1.807) is 24.3 Å². The summed E-state index contributed by atoms with van der Waals surface area (Å²) in [5.74, 6) is -0.555. The van der Waals surface area contributed by atoms with Crippen LogP contribution in [0, 0.1) is 5.82 Å². The predicted molar refractivity (Wildman–Crippen MR) is 143 cm³/mol. The van der Waals surface area contributed by atoms with Crippen molar-refractivity contribution in [3.8, 4) is 11.5 Å². The molecule has 40 heavy (non-hydrogen) atoms. The zero-order valence-electron chi connectivity index (χ0n) is 21.0. The second-order valence-corrected chi connectivity index (χ2v) is 10.5. The number of carbonyl (C=O) groups is 2. The van der Waals surface area contributed by atoms with Gasteiger partial charge in [-0.1, -0.05) is 12.1 Å². The van der Waals surface area contributed by atoms with Gasteiger partial charge in [-0.3, -0.25) is 13.9 Å². The molecule has 5 rings (SSSR count). The van der Waals surface area contributed by atoms with E-state index in [-0.39, 0.29) is 40.7 Å². The van der Waals surface area contributed by atoms with Gasteiger partial charge in [0.1, 0.15) is 31.3 Å². The first-order chi connectivity index (χ1) is 19.3. The first-order valence-electron chi connectivity index (χ1n) is 12.2. The highest BCUT2D eigenvalue weighted by Gasteiger charge is 2.29. The zero-order valence-corrected chi connectivity index (χ0v) is 21.8. The molecular formula is C28H24FN3O7S. The van der Waals surface area contributed by atoms with Gasteiger partial charge in [-0.05, 0) is 60.7 Å². The number of hydrogen-bond acceptors (Lipinski definition) is 7. The van der Waals surface area contributed by atoms with E-state index < -0.39 is 34.2 Å². The fraction of sp³-hybridized carbons (Fsp3) is 0.143. The molecule has 0 spiro atoms. The van der Waals surface area contributed by atoms with Crippen LogP contribution < -0.4 is 24.4 Å². The van der Waals surface area contributed by atoms with Crippen LogP contribution in [-0.2, 0) is 21.4 Å². The maximum Gasteiger partial charge on any atom is 0.264 e. The van der Waals surface area contributed by atoms with Crippen molar-refractivity contribution in [3.63, 3.8) is 0 Å². The molecule has 0 atom stereocenters. The zero-order chi connectivity index (χ0) is 28.1. The Morgan fingerprint density at radius 2 is 1.65 bits per heavy atom. The summed E-state index contributed by atoms with van der Waals surface area (Å²) >= 11 is 0. The number of para-hydroxylation sites is 1. The highest BCUT2D eigenvalue weighted by molar-refractivity contribution is 7.92. The Morgan fingerprint density at radius 3 is 2.40 bits per heavy atom. The summed E-state index contributed by atoms with van der Waals surface area (Å²) < 4.78 is 58.2. The normalized spacial score (nSPS) is 12.4. The van der Waals surface area contributed by atoms with E-state index >= 15 is 0 Å². The molecule has 12 heteroatoms. The SMILES string of the molecule is O=C(CN(c1ccc(F)cc1)S(=O)(=O)c1ccc2c(c1)OCCO2)Nc1ccccc1C(=O)NCc1ccco1. The molecule has 0 saturated carbocycles. The van der Waals surface area contributed by atoms with Gasteiger partial charge in [0, 0.05) is 6.07 Å². The van der Waals surface area contributed by atoms with Crippen molar-refractivity contribution >= 4 is 33.2 Å². The Bertz CT molecular complexity index is 1620. The number of nitrogens with one attached hydrogen (secondary N) is 2. The second kappa shape index (κ2) is 11.5. The fourth-order valence-electron chi connectivity index (χ4n) is 4.02. The Kier molecular flexibility index (Phi) is 7.69. The van der Waals surface area contributed by atoms with E-state index in [1.807, 2.05) is 0 Å². The lowest BCUT2D eigenvalue weighted by atomic mass is 10.1. The number of sulfonamides is 1. The third-order valence-corrected chi connectivity index (χ3v) is 7.72. The van der Waals surface area contributed by atoms with Crippen LogP contribution in [0.1, 0.15) is 16.1 Å². The van der Waals surface area contributed by atoms with Gasteiger partial charge in [-0.2, -0.15) is 0 Å². The number of furan rings is 1. The Balaban J connectivity index is 1.39. The van der Waals surface area contributed by atoms with Crippen molar-refractivity contribution in [2.24, 2.45) is 0 Å². The first kappa shape index (κ1) is 26.8. The molecule has 4 aromatic rings. The van der Waals surface area contributed by atoms with Crippen LogP contribution in [-0.4, -0.2) is 40.0 Å². The summed E-state index contributed by atoms with van der Waals surface area (Å²) in [5, 5.41) is 5.33. The van der Waals surface area contributed by atoms with Crippen molar-refractivity contribution in [1.29, 1.82) is 0 Å². The average molecular weight is 566 g/mol. The molecule has 0 unspecified atom stereocenters. The van der Waals surface area contributed by atoms with Crippen LogP contribution >= 0.6 is 0 Å². The summed E-state index contributed by atoms with van der Waals surface area (Å²) in [6.07, 6.45) is 1.49. The Hall–Kier alpha value is -4.84. The number of carbonyl (C=O) groups excluding carboxylic acids is 2. The van der Waals surface area contributed by atoms with Crippen molar-refractivity contribution in [1.82, 2.24) is 5.32 Å². The number of anilines is 2. The molecule has 1 aliphatic heterocycles. The lowest BCUT2D eigenvalue weighted by Crippen LogP contribution is -2.38. The molecule has 2 N–H and O–H groups in total. The molecule has 206 valence electrons. The topological polar surface area (TPSA) is 127 Å². The van der Waals surface area contributed by atoms with Crippen LogP contribution in [0.2, 0.25) is 0 Å². The van der Waals surface area contributed by atoms with E-state index in [0.29, 0.717) is 18.1 Å². The Labute approximate surface area is 229 Å². The second-order valence-electron chi connectivity index (χ2n) is 8.65. The van der Waals surface area contributed by atoms with Crippen molar-refractivity contribution in [2.45, 2.75) is 11.4 Å². The summed E-state index contributed by atoms with van der Waals surface area (Å²) in [6, 6.07) is 18.6. The van der Waals surface area contributed by atoms with Crippen molar-refractivity contribution in [3.05, 3.63) is 102 Å². The number of ether oxygens (including phenoxy) is 2. The van der Waals surface area contributed by atoms with Crippen molar-refractivity contribution < 1.29 is 36.3 Å². The fourth-order valence-corrected chi connectivity index (χ4v) is 5.46. The molecule has 1 aromatic heterocycles. The number of amides is 2. The minimum Gasteiger partial charge on any atom is -0.486 e. The van der Waals surface area contributed by atoms with Gasteiger partial charge in [-0.25, -0.2) is 12.8 Å². The summed E-state index contributed by atoms with van der Waals surface area (Å²) in [6.45, 7) is 0.0728. The van der Waals surface area contributed by atoms with Crippen LogP contribution in [0.25, 0.3) is 0 Å². The van der Waals surface area contributed by atoms with E-state index in [0.717, 1.165) is 16.4 Å². The monoisotopic (exact) mass is 565 g/mol. The summed E-state index contributed by atoms with van der Waals surface area (Å²) in [4.78, 5) is 25.9. The summed E-state index contributed by atoms with van der Waals surface area (Å²) in [7, 11) is -4.32. The molecule has 0 fully saturated rings. The third-order valence-electron chi connectivity index (χ3n) is 5.95. The van der Waals surface area contributed by atoms with Crippen LogP contribution in [0.3, 0.4) is 0 Å². The van der Waals surface area contributed by atoms with Gasteiger partial charge < -0.3 is 24.5 Å². The number of rotatable bonds is 9. The number of benzene rings is 3. The molecule has 2 heterocycles. The first-order valence-corrected chi connectivity index (χ1v) is 13.6. The molecule has 0 aliphatic carbocycles. The van der Waals surface area contributed by atoms with E-state index in [4.69, 9.17) is 13.9 Å². The maximum absolute atomic E-state index is 13.7. The van der Waals surface area contributed by atoms with Gasteiger partial charge in [0.2, 0.25) is 5.91 Å². The van der Waals surface area contributed by atoms with E-state index in [1.165, 1.54) is 48.7 Å². The van der Waals surface area contributed by atoms with Crippen LogP contribution in [0.15, 0.2) is 94.4 Å². The molecule has 0 radical (unpaired) electrons. The molecule has 10 nitrogen and oxygen atoms in total. The lowest BCUT2D eigenvalue weighted by molar-refractivity contribution is -0.114. The molecule has 0 saturated heterocycles. The number of fused-ring (bicyclic) bond motifs is 1. The molecule has 1 aliphatic rings. The van der Waals surface area contributed by atoms with Gasteiger partial charge >= 0.3 is 0 Å². The van der Waals surface area contributed by atoms with E-state index in [9.17, 15) is 22.4 Å². The Morgan fingerprint density at radius 1 is 0.900 bits per heavy atom. The molecule has 3 aromatic carbocycles. The van der Waals surface area contributed by atoms with Gasteiger partial charge in [0.25, 0.3) is 15.9 Å². The van der Waals surface area contributed by atoms with Gasteiger partial charge in [0.15, 0.2) is 11.5 Å². The molecular weight excluding hydrogens is 541 g/mol. The number of nitrogens with zero attached hydrogens (tertiary/aromatic N) is 1. The molecule has 2 amide bonds. The molecule has 0 bridgehead atoms. The van der Waals surface area contributed by atoms with Gasteiger partial charge in [-0.15, -0.1) is 0 Å². The third kappa shape index (κ3) is 5.91. The minimum absolute atomic E-state index is 0.0657. The maximum atomic E-state index is 13.7. The average Bonchev–Trinajstić information content (AvgIpc) is 3.49. The van der Waals surface area contributed by atoms with Gasteiger partial charge in [0.05, 0.1) is 34.6 Å². The number of hydrogen-bond donors (Lipinski definition) is 2. The summed E-state index contributed by atoms with van der Waals surface area (Å²) in [5.41, 5.74) is 0.418. The van der Waals surface area contributed by atoms with Crippen LogP contribution in [0.4, 0.5) is 15.8 Å². The minimum atomic E-state index is -4.32. The van der Waals surface area contributed by atoms with Crippen molar-refractivity contribution in [2.75, 3.05) is 29.4 Å². The van der Waals surface area contributed by atoms with E-state index in [2.05, 4.69) is 10.6 Å². The predicted octanol–water partition coefficient (Wildman–Crippen LogP) is 3.95. The largest absolute Gasteiger partial charge is 0.486 e. The van der Waals surface area contributed by atoms with Crippen LogP contribution in [0.5, 0.6) is 11.5 Å². The smallest absolute Gasteiger partial charge is 0.264 e. The number of halogens is 1. The highest BCUT2D eigenvalue weighted by Crippen LogP contribution is 2.34. The standard InChI is InChI=1S/C28H24FN3O7S/c29-19-7-9-20(10-8-19)32(40(35,36)22-11-12-25-26(16-22)39-15-14-38-25)18-27(33)31-24-6-2-1-5-23(24)28(34)30-17-21-4-3-13-37-21/h1-13,16H,14-15,17-18H2,(H,30,34)(H,31,33). The quantitative estimate of drug-likeness (QED) is 0.315. The lowest BCUT2D eigenvalue weighted by Gasteiger charge is -2.25.